The van der Waals surface area contributed by atoms with E-state index in [1.165, 1.54) is 24.3 Å². The first-order chi connectivity index (χ1) is 13.3. The Hall–Kier alpha value is -1.25. The molecule has 1 unspecified atom stereocenters. The quantitative estimate of drug-likeness (QED) is 0.758. The molecule has 2 bridgehead atoms. The Morgan fingerprint density at radius 1 is 0.964 bits per heavy atom. The molecule has 0 aromatic heterocycles. The van der Waals surface area contributed by atoms with E-state index in [9.17, 15) is 17.2 Å². The monoisotopic (exact) mass is 414 g/mol. The van der Waals surface area contributed by atoms with Gasteiger partial charge in [-0.05, 0) is 57.5 Å². The molecule has 3 fully saturated rings. The summed E-state index contributed by atoms with van der Waals surface area (Å²) in [6, 6.07) is 1.85. The largest absolute Gasteiger partial charge is 0.497 e. The molecule has 0 spiro atoms. The number of fused-ring (bicyclic) bond motifs is 2. The average Bonchev–Trinajstić information content (AvgIpc) is 2.93. The number of likely N-dealkylation sites (tertiary alicyclic amines) is 1. The maximum absolute atomic E-state index is 14.5. The number of hydrogen-bond acceptors (Lipinski definition) is 4. The molecule has 28 heavy (non-hydrogen) atoms. The first-order valence-corrected chi connectivity index (χ1v) is 11.6. The zero-order valence-corrected chi connectivity index (χ0v) is 17.2. The minimum atomic E-state index is -4.24. The zero-order chi connectivity index (χ0) is 20.1. The van der Waals surface area contributed by atoms with Crippen LogP contribution in [-0.4, -0.2) is 55.9 Å². The number of hydrogen-bond donors (Lipinski definition) is 0. The second-order valence-electron chi connectivity index (χ2n) is 8.48. The smallest absolute Gasteiger partial charge is 0.249 e. The molecule has 1 aromatic carbocycles. The summed E-state index contributed by atoms with van der Waals surface area (Å²) >= 11 is 0. The van der Waals surface area contributed by atoms with Crippen LogP contribution in [0.3, 0.4) is 0 Å². The molecule has 0 amide bonds. The fourth-order valence-corrected chi connectivity index (χ4v) is 7.19. The van der Waals surface area contributed by atoms with Crippen molar-refractivity contribution in [3.8, 4) is 5.75 Å². The van der Waals surface area contributed by atoms with Crippen LogP contribution >= 0.6 is 0 Å². The van der Waals surface area contributed by atoms with E-state index in [0.29, 0.717) is 6.04 Å². The summed E-state index contributed by atoms with van der Waals surface area (Å²) in [6.45, 7) is 4.38. The Kier molecular flexibility index (Phi) is 5.39. The molecule has 4 rings (SSSR count). The number of methoxy groups -OCH3 is 1. The summed E-state index contributed by atoms with van der Waals surface area (Å²) in [5.41, 5.74) is 0. The summed E-state index contributed by atoms with van der Waals surface area (Å²) in [7, 11) is -2.95. The van der Waals surface area contributed by atoms with Crippen molar-refractivity contribution in [2.24, 2.45) is 5.92 Å². The van der Waals surface area contributed by atoms with Crippen LogP contribution in [0.25, 0.3) is 0 Å². The van der Waals surface area contributed by atoms with Gasteiger partial charge >= 0.3 is 0 Å². The third-order valence-electron chi connectivity index (χ3n) is 6.72. The molecule has 1 aromatic rings. The van der Waals surface area contributed by atoms with E-state index in [0.717, 1.165) is 56.8 Å². The molecule has 3 atom stereocenters. The molecule has 3 heterocycles. The van der Waals surface area contributed by atoms with Crippen molar-refractivity contribution in [1.82, 2.24) is 9.21 Å². The van der Waals surface area contributed by atoms with E-state index in [-0.39, 0.29) is 17.8 Å². The van der Waals surface area contributed by atoms with Crippen molar-refractivity contribution in [2.75, 3.05) is 20.2 Å². The lowest BCUT2D eigenvalue weighted by Gasteiger charge is -2.44. The molecular weight excluding hydrogens is 386 g/mol. The zero-order valence-electron chi connectivity index (χ0n) is 16.4. The highest BCUT2D eigenvalue weighted by Gasteiger charge is 2.49. The van der Waals surface area contributed by atoms with Gasteiger partial charge in [0.05, 0.1) is 7.11 Å². The van der Waals surface area contributed by atoms with Gasteiger partial charge in [0.15, 0.2) is 4.90 Å². The number of sulfonamides is 1. The normalized spacial score (nSPS) is 29.9. The molecule has 3 saturated heterocycles. The van der Waals surface area contributed by atoms with Crippen LogP contribution in [0, 0.1) is 17.6 Å². The molecule has 8 heteroatoms. The fourth-order valence-electron chi connectivity index (χ4n) is 5.20. The molecule has 5 nitrogen and oxygen atoms in total. The minimum Gasteiger partial charge on any atom is -0.497 e. The third kappa shape index (κ3) is 3.44. The van der Waals surface area contributed by atoms with Gasteiger partial charge in [0, 0.05) is 30.3 Å². The van der Waals surface area contributed by atoms with E-state index in [4.69, 9.17) is 4.74 Å². The number of rotatable bonds is 4. The van der Waals surface area contributed by atoms with Crippen molar-refractivity contribution in [2.45, 2.75) is 68.5 Å². The minimum absolute atomic E-state index is 0.0324. The molecular formula is C20H28F2N2O3S. The van der Waals surface area contributed by atoms with Crippen molar-refractivity contribution in [1.29, 1.82) is 0 Å². The van der Waals surface area contributed by atoms with Gasteiger partial charge in [-0.3, -0.25) is 0 Å². The van der Waals surface area contributed by atoms with Crippen LogP contribution in [0.15, 0.2) is 17.0 Å². The van der Waals surface area contributed by atoms with Gasteiger partial charge < -0.3 is 9.64 Å². The van der Waals surface area contributed by atoms with E-state index < -0.39 is 26.6 Å². The second kappa shape index (κ2) is 7.54. The fraction of sp³-hybridized carbons (Fsp3) is 0.700. The lowest BCUT2D eigenvalue weighted by molar-refractivity contribution is 0.0758. The van der Waals surface area contributed by atoms with Gasteiger partial charge in [-0.1, -0.05) is 6.92 Å². The average molecular weight is 415 g/mol. The second-order valence-corrected chi connectivity index (χ2v) is 10.3. The number of nitrogens with zero attached hydrogens (tertiary/aromatic N) is 2. The van der Waals surface area contributed by atoms with Gasteiger partial charge in [-0.2, -0.15) is 4.31 Å². The lowest BCUT2D eigenvalue weighted by Crippen LogP contribution is -2.53. The van der Waals surface area contributed by atoms with Crippen molar-refractivity contribution >= 4 is 10.0 Å². The van der Waals surface area contributed by atoms with Crippen molar-refractivity contribution in [3.63, 3.8) is 0 Å². The summed E-state index contributed by atoms with van der Waals surface area (Å²) in [6.07, 6.45) is 5.34. The predicted molar refractivity (Wildman–Crippen MR) is 102 cm³/mol. The lowest BCUT2D eigenvalue weighted by atomic mass is 9.93. The molecule has 3 aliphatic rings. The molecule has 0 radical (unpaired) electrons. The molecule has 0 N–H and O–H groups in total. The first kappa shape index (κ1) is 20.0. The Labute approximate surface area is 165 Å². The number of ether oxygens (including phenoxy) is 1. The maximum atomic E-state index is 14.5. The number of benzene rings is 1. The van der Waals surface area contributed by atoms with E-state index >= 15 is 0 Å². The van der Waals surface area contributed by atoms with E-state index in [2.05, 4.69) is 11.8 Å². The van der Waals surface area contributed by atoms with Crippen LogP contribution < -0.4 is 4.74 Å². The molecule has 3 aliphatic heterocycles. The highest BCUT2D eigenvalue weighted by Crippen LogP contribution is 2.43. The van der Waals surface area contributed by atoms with Crippen molar-refractivity contribution < 1.29 is 21.9 Å². The SMILES string of the molecule is COc1cc(F)c(S(=O)(=O)N2[C@@H]3CC[C@H]2CC(N2CCC(C)CC2)C3)c(F)c1. The predicted octanol–water partition coefficient (Wildman–Crippen LogP) is 3.39. The number of halogens is 2. The highest BCUT2D eigenvalue weighted by molar-refractivity contribution is 7.89. The Balaban J connectivity index is 1.58. The number of piperidine rings is 2. The van der Waals surface area contributed by atoms with Crippen LogP contribution in [-0.2, 0) is 10.0 Å². The van der Waals surface area contributed by atoms with E-state index in [1.807, 2.05) is 0 Å². The summed E-state index contributed by atoms with van der Waals surface area (Å²) in [4.78, 5) is 1.64. The summed E-state index contributed by atoms with van der Waals surface area (Å²) in [5, 5.41) is 0. The van der Waals surface area contributed by atoms with Crippen LogP contribution in [0.4, 0.5) is 8.78 Å². The van der Waals surface area contributed by atoms with Crippen LogP contribution in [0.2, 0.25) is 0 Å². The first-order valence-electron chi connectivity index (χ1n) is 10.1. The van der Waals surface area contributed by atoms with Gasteiger partial charge in [-0.25, -0.2) is 17.2 Å². The van der Waals surface area contributed by atoms with Crippen LogP contribution in [0.5, 0.6) is 5.75 Å². The van der Waals surface area contributed by atoms with Crippen LogP contribution in [0.1, 0.15) is 45.4 Å². The highest BCUT2D eigenvalue weighted by atomic mass is 32.2. The van der Waals surface area contributed by atoms with Gasteiger partial charge in [0.1, 0.15) is 17.4 Å². The Morgan fingerprint density at radius 2 is 1.50 bits per heavy atom. The summed E-state index contributed by atoms with van der Waals surface area (Å²) in [5.74, 6) is -1.48. The van der Waals surface area contributed by atoms with Gasteiger partial charge in [0.2, 0.25) is 10.0 Å². The van der Waals surface area contributed by atoms with Gasteiger partial charge in [0.25, 0.3) is 0 Å². The standard InChI is InChI=1S/C20H28F2N2O3S/c1-13-5-7-23(8-6-13)16-9-14-3-4-15(10-16)24(14)28(25,26)20-18(21)11-17(27-2)12-19(20)22/h11-16H,3-10H2,1-2H3/t14-,15+,16?. The molecule has 0 saturated carbocycles. The molecule has 0 aliphatic carbocycles. The topological polar surface area (TPSA) is 49.9 Å². The van der Waals surface area contributed by atoms with Gasteiger partial charge in [-0.15, -0.1) is 0 Å². The van der Waals surface area contributed by atoms with E-state index in [1.54, 1.807) is 0 Å². The maximum Gasteiger partial charge on any atom is 0.249 e. The Morgan fingerprint density at radius 3 is 2.00 bits per heavy atom. The third-order valence-corrected chi connectivity index (χ3v) is 8.78. The Bertz CT molecular complexity index is 803. The molecule has 156 valence electrons. The van der Waals surface area contributed by atoms with Crippen molar-refractivity contribution in [3.05, 3.63) is 23.8 Å². The summed E-state index contributed by atoms with van der Waals surface area (Å²) < 4.78 is 61.6.